The first-order valence-corrected chi connectivity index (χ1v) is 40.1. The predicted molar refractivity (Wildman–Crippen MR) is 423 cm³/mol. The molecule has 119 heavy (non-hydrogen) atoms. The molecule has 36 nitrogen and oxygen atoms in total. The maximum atomic E-state index is 16.5. The summed E-state index contributed by atoms with van der Waals surface area (Å²) in [7, 11) is 1.48. The number of ether oxygens (including phenoxy) is 8. The Labute approximate surface area is 694 Å². The number of carbonyl (C=O) groups excluding carboxylic acids is 7. The Morgan fingerprint density at radius 1 is 0.664 bits per heavy atom. The van der Waals surface area contributed by atoms with E-state index in [2.05, 4.69) is 49.5 Å². The molecule has 0 aromatic heterocycles. The zero-order valence-electron chi connectivity index (χ0n) is 66.5. The standard InChI is InChI=1S/C81H104Cl2N10O26/c1-9-10-11-12-13-14-21-87-81(7)32-57(113-36(5)71(81)103)118-69-66(101)65(100)54(33-94)116-79(69)119-68-52-26-40-27-53(68)115-51-20-17-39(25-45(51)83)67(117-56-31-80(6,85)70(102)35(4)112-56)63-77(109)91-61(78(110)111)43-28-41(95)29-49(97)58(43)42-23-37(15-18-48(42)96)59(74(106)93-63)90-75(107)60(40)89-73(105)47(30-55(84)98)88-76(108)62(92-72(104)46(86-8)22-34(2)3)64(99)38-16-19-50(114-52)44(82)24-38/h15-20,23-29,34-36,46-47,54,56-57,59-67,69-71,79,86-87,94-97,99-103H,9-14,21-22,30-33,85H2,1-8H3,(H2,84,98)(H,88,108)(H,89,105)(H,90,107)(H,91,109)(H,92,104)(H,93,106)(H,110,111)/t35-,36-,46+,47-,54+,56-,57-,59+,60+,61+,62+,63-,64+,65+,66-,67+,69+,70+,71+,79-,80-,81-/m0/s1. The fraction of sp³-hybridized carbons (Fsp3) is 0.531. The molecule has 38 heteroatoms. The monoisotopic (exact) mass is 1700 g/mol. The number of benzene rings is 5. The fourth-order valence-electron chi connectivity index (χ4n) is 15.7. The molecule has 11 bridgehead atoms. The summed E-state index contributed by atoms with van der Waals surface area (Å²) in [6.45, 7) is 11.6. The van der Waals surface area contributed by atoms with E-state index in [1.165, 1.54) is 51.2 Å². The molecule has 0 unspecified atom stereocenters. The van der Waals surface area contributed by atoms with Gasteiger partial charge in [0.05, 0.1) is 53.5 Å². The number of unbranched alkanes of at least 4 members (excludes halogenated alkanes) is 5. The third-order valence-corrected chi connectivity index (χ3v) is 22.7. The van der Waals surface area contributed by atoms with Crippen molar-refractivity contribution in [2.45, 2.75) is 246 Å². The van der Waals surface area contributed by atoms with Gasteiger partial charge in [-0.15, -0.1) is 0 Å². The van der Waals surface area contributed by atoms with Crippen molar-refractivity contribution in [2.24, 2.45) is 17.4 Å². The molecule has 0 spiro atoms. The average Bonchev–Trinajstić information content (AvgIpc) is 0.764. The van der Waals surface area contributed by atoms with Crippen LogP contribution < -0.4 is 68.2 Å². The Balaban J connectivity index is 1.16. The number of hydrogen-bond donors (Lipinski definition) is 20. The Bertz CT molecular complexity index is 4590. The number of carbonyl (C=O) groups is 8. The fourth-order valence-corrected chi connectivity index (χ4v) is 16.1. The largest absolute Gasteiger partial charge is 0.508 e. The number of phenolic OH excluding ortho intramolecular Hbond substituents is 3. The third kappa shape index (κ3) is 20.5. The second kappa shape index (κ2) is 38.2. The lowest BCUT2D eigenvalue weighted by Gasteiger charge is -2.48. The SMILES string of the molecule is CCCCCCCCN[C@@]1(C)C[C@H](O[C@H]2[C@H](Oc3c4cc5cc3Oc3ccc(cc3Cl)[C@@H](O[C@H]3C[C@](C)(N)[C@H](O)[C@H](C)O3)[C@@H]3NC(=O)[C@H](NC(=O)[C@@H]5NC(=O)[C@H](CC(N)=O)NC(=O)[C@H](NC(=O)[C@@H](CC(C)C)NC)[C@H](O)c5ccc(c(Cl)c5)O4)c4ccc(O)c(c4)-c4c(O)cc(O)cc4[C@H](C(=O)O)NC3=O)O[C@H](CO)[C@@H](O)[C@@H]2O)O[C@@H](C)[C@H]1O. The molecule has 0 aliphatic carbocycles. The minimum Gasteiger partial charge on any atom is -0.508 e. The number of likely N-dealkylation sites (N-methyl/N-ethyl adjacent to an activating group) is 1. The van der Waals surface area contributed by atoms with E-state index >= 15 is 24.0 Å². The number of aliphatic hydroxyl groups is 6. The van der Waals surface area contributed by atoms with Crippen LogP contribution in [0.25, 0.3) is 11.1 Å². The molecule has 13 rings (SSSR count). The van der Waals surface area contributed by atoms with Crippen molar-refractivity contribution < 1.29 is 127 Å². The number of hydrogen-bond acceptors (Lipinski definition) is 28. The van der Waals surface area contributed by atoms with Crippen LogP contribution in [0.5, 0.6) is 46.0 Å². The number of aliphatic hydroxyl groups excluding tert-OH is 6. The molecule has 5 aromatic rings. The minimum atomic E-state index is -2.38. The second-order valence-corrected chi connectivity index (χ2v) is 32.7. The predicted octanol–water partition coefficient (Wildman–Crippen LogP) is 3.34. The highest BCUT2D eigenvalue weighted by molar-refractivity contribution is 6.32. The molecule has 3 fully saturated rings. The van der Waals surface area contributed by atoms with Crippen LogP contribution in [0.3, 0.4) is 0 Å². The zero-order valence-corrected chi connectivity index (χ0v) is 68.0. The lowest BCUT2D eigenvalue weighted by molar-refractivity contribution is -0.334. The van der Waals surface area contributed by atoms with Crippen molar-refractivity contribution in [3.63, 3.8) is 0 Å². The van der Waals surface area contributed by atoms with E-state index in [0.29, 0.717) is 6.54 Å². The number of carboxylic acid groups (broad SMARTS) is 1. The number of rotatable bonds is 23. The number of phenols is 3. The van der Waals surface area contributed by atoms with E-state index in [0.717, 1.165) is 87.1 Å². The van der Waals surface area contributed by atoms with Crippen LogP contribution in [0, 0.1) is 5.92 Å². The molecule has 8 aliphatic heterocycles. The van der Waals surface area contributed by atoms with Crippen molar-refractivity contribution in [1.82, 2.24) is 42.5 Å². The van der Waals surface area contributed by atoms with Crippen molar-refractivity contribution >= 4 is 70.5 Å². The van der Waals surface area contributed by atoms with Gasteiger partial charge in [-0.2, -0.15) is 0 Å². The van der Waals surface area contributed by atoms with Gasteiger partial charge in [-0.1, -0.05) is 94.3 Å². The number of carboxylic acids is 1. The molecular weight excluding hydrogens is 1600 g/mol. The van der Waals surface area contributed by atoms with Gasteiger partial charge in [0.25, 0.3) is 0 Å². The third-order valence-electron chi connectivity index (χ3n) is 22.2. The molecule has 8 aliphatic rings. The molecule has 3 saturated heterocycles. The lowest BCUT2D eigenvalue weighted by Crippen LogP contribution is -2.65. The summed E-state index contributed by atoms with van der Waals surface area (Å²) >= 11 is 14.6. The molecule has 8 heterocycles. The molecule has 22 atom stereocenters. The van der Waals surface area contributed by atoms with E-state index in [9.17, 15) is 65.4 Å². The lowest BCUT2D eigenvalue weighted by atomic mass is 9.85. The summed E-state index contributed by atoms with van der Waals surface area (Å²) in [6, 6.07) is -0.213. The van der Waals surface area contributed by atoms with Crippen LogP contribution in [0.15, 0.2) is 78.9 Å². The summed E-state index contributed by atoms with van der Waals surface area (Å²) in [4.78, 5) is 120. The van der Waals surface area contributed by atoms with Gasteiger partial charge in [0, 0.05) is 46.7 Å². The van der Waals surface area contributed by atoms with Crippen LogP contribution in [0.1, 0.15) is 171 Å². The summed E-state index contributed by atoms with van der Waals surface area (Å²) in [5, 5.41) is 137. The van der Waals surface area contributed by atoms with Gasteiger partial charge in [-0.05, 0) is 137 Å². The van der Waals surface area contributed by atoms with E-state index in [1.807, 2.05) is 13.8 Å². The molecule has 7 amide bonds. The zero-order chi connectivity index (χ0) is 86.5. The number of aliphatic carboxylic acids is 1. The van der Waals surface area contributed by atoms with Gasteiger partial charge in [0.15, 0.2) is 36.2 Å². The van der Waals surface area contributed by atoms with Crippen LogP contribution in [-0.4, -0.2) is 222 Å². The highest BCUT2D eigenvalue weighted by atomic mass is 35.5. The Kier molecular flexibility index (Phi) is 29.0. The van der Waals surface area contributed by atoms with Gasteiger partial charge in [0.2, 0.25) is 53.4 Å². The normalized spacial score (nSPS) is 30.7. The van der Waals surface area contributed by atoms with Crippen molar-refractivity contribution in [1.29, 1.82) is 0 Å². The molecule has 0 saturated carbocycles. The second-order valence-electron chi connectivity index (χ2n) is 31.9. The smallest absolute Gasteiger partial charge is 0.330 e. The number of primary amides is 1. The van der Waals surface area contributed by atoms with Crippen molar-refractivity contribution in [3.8, 4) is 57.1 Å². The molecule has 5 aromatic carbocycles. The molecule has 22 N–H and O–H groups in total. The Morgan fingerprint density at radius 2 is 1.27 bits per heavy atom. The number of nitrogens with two attached hydrogens (primary N) is 2. The maximum absolute atomic E-state index is 16.5. The molecular formula is C81H104Cl2N10O26. The number of halogens is 2. The van der Waals surface area contributed by atoms with Crippen LogP contribution in [0.4, 0.5) is 0 Å². The number of fused-ring (bicyclic) bond motifs is 15. The van der Waals surface area contributed by atoms with Crippen molar-refractivity contribution in [2.75, 3.05) is 20.2 Å². The quantitative estimate of drug-likeness (QED) is 0.0417. The van der Waals surface area contributed by atoms with Gasteiger partial charge in [0.1, 0.15) is 89.5 Å². The van der Waals surface area contributed by atoms with Gasteiger partial charge in [-0.3, -0.25) is 33.6 Å². The number of nitrogens with one attached hydrogen (secondary N) is 8. The minimum absolute atomic E-state index is 0.0956. The van der Waals surface area contributed by atoms with Crippen LogP contribution in [-0.2, 0) is 62.0 Å². The summed E-state index contributed by atoms with van der Waals surface area (Å²) < 4.78 is 52.7. The van der Waals surface area contributed by atoms with Gasteiger partial charge in [-0.25, -0.2) is 4.79 Å². The Hall–Kier alpha value is -9.32. The van der Waals surface area contributed by atoms with Gasteiger partial charge >= 0.3 is 5.97 Å². The van der Waals surface area contributed by atoms with Crippen molar-refractivity contribution in [3.05, 3.63) is 117 Å². The highest BCUT2D eigenvalue weighted by Gasteiger charge is 2.53. The average molecular weight is 1700 g/mol. The van der Waals surface area contributed by atoms with E-state index in [-0.39, 0.29) is 58.4 Å². The van der Waals surface area contributed by atoms with Crippen LogP contribution in [0.2, 0.25) is 10.0 Å². The number of amides is 7. The van der Waals surface area contributed by atoms with E-state index < -0.39 is 255 Å². The summed E-state index contributed by atoms with van der Waals surface area (Å²) in [5.74, 6) is -15.9. The topological polar surface area (TPSA) is 561 Å². The first-order chi connectivity index (χ1) is 56.3. The first-order valence-electron chi connectivity index (χ1n) is 39.3. The summed E-state index contributed by atoms with van der Waals surface area (Å²) in [5.41, 5.74) is 7.19. The molecule has 0 radical (unpaired) electrons. The number of aromatic hydroxyl groups is 3. The first kappa shape index (κ1) is 90.4. The van der Waals surface area contributed by atoms with E-state index in [1.54, 1.807) is 13.8 Å². The van der Waals surface area contributed by atoms with E-state index in [4.69, 9.17) is 72.6 Å². The van der Waals surface area contributed by atoms with Gasteiger partial charge < -0.3 is 143 Å². The Morgan fingerprint density at radius 3 is 1.89 bits per heavy atom. The molecule has 648 valence electrons. The highest BCUT2D eigenvalue weighted by Crippen LogP contribution is 2.51. The maximum Gasteiger partial charge on any atom is 0.330 e. The summed E-state index contributed by atoms with van der Waals surface area (Å²) in [6.07, 6.45) is -16.5. The van der Waals surface area contributed by atoms with Crippen LogP contribution >= 0.6 is 23.2 Å².